The van der Waals surface area contributed by atoms with Gasteiger partial charge in [-0.3, -0.25) is 14.5 Å². The fraction of sp³-hybridized carbons (Fsp3) is 0.132. The minimum atomic E-state index is -1.03. The Bertz CT molecular complexity index is 2040. The second kappa shape index (κ2) is 13.4. The molecule has 1 aromatic heterocycles. The number of benzene rings is 4. The number of thioether (sulfide) groups is 1. The van der Waals surface area contributed by atoms with Crippen LogP contribution in [-0.2, 0) is 9.59 Å². The van der Waals surface area contributed by atoms with Gasteiger partial charge in [-0.1, -0.05) is 98.4 Å². The molecule has 8 nitrogen and oxygen atoms in total. The van der Waals surface area contributed by atoms with Gasteiger partial charge in [-0.25, -0.2) is 14.8 Å². The van der Waals surface area contributed by atoms with E-state index in [0.29, 0.717) is 50.3 Å². The molecule has 4 aromatic carbocycles. The molecule has 6 rings (SSSR count). The second-order valence-corrected chi connectivity index (χ2v) is 12.7. The van der Waals surface area contributed by atoms with E-state index in [4.69, 9.17) is 0 Å². The van der Waals surface area contributed by atoms with Gasteiger partial charge in [0.05, 0.1) is 27.7 Å². The average molecular weight is 641 g/mol. The highest BCUT2D eigenvalue weighted by Crippen LogP contribution is 2.32. The van der Waals surface area contributed by atoms with Crippen molar-refractivity contribution in [2.45, 2.75) is 31.9 Å². The Morgan fingerprint density at radius 2 is 1.55 bits per heavy atom. The van der Waals surface area contributed by atoms with Crippen LogP contribution >= 0.6 is 11.8 Å². The van der Waals surface area contributed by atoms with E-state index < -0.39 is 11.2 Å². The number of rotatable bonds is 8. The molecule has 5 aromatic rings. The van der Waals surface area contributed by atoms with Crippen molar-refractivity contribution in [1.29, 1.82) is 0 Å². The van der Waals surface area contributed by atoms with Gasteiger partial charge in [-0.15, -0.1) is 0 Å². The Labute approximate surface area is 276 Å². The Morgan fingerprint density at radius 3 is 2.23 bits per heavy atom. The molecule has 2 amide bonds. The monoisotopic (exact) mass is 640 g/mol. The highest BCUT2D eigenvalue weighted by atomic mass is 32.2. The van der Waals surface area contributed by atoms with Crippen LogP contribution in [0.4, 0.5) is 11.4 Å². The maximum absolute atomic E-state index is 13.6. The molecule has 0 spiro atoms. The number of amides is 2. The van der Waals surface area contributed by atoms with Crippen molar-refractivity contribution in [2.75, 3.05) is 10.2 Å². The number of pyridine rings is 1. The van der Waals surface area contributed by atoms with E-state index in [1.165, 1.54) is 17.3 Å². The topological polar surface area (TPSA) is 112 Å². The molecule has 0 bridgehead atoms. The number of carbonyl (C=O) groups excluding carboxylic acids is 2. The van der Waals surface area contributed by atoms with Gasteiger partial charge in [0.2, 0.25) is 5.91 Å². The summed E-state index contributed by atoms with van der Waals surface area (Å²) in [6.07, 6.45) is 1.77. The summed E-state index contributed by atoms with van der Waals surface area (Å²) in [5, 5.41) is 13.1. The number of para-hydroxylation sites is 2. The van der Waals surface area contributed by atoms with Gasteiger partial charge in [-0.05, 0) is 66.4 Å². The van der Waals surface area contributed by atoms with Gasteiger partial charge >= 0.3 is 5.97 Å². The zero-order chi connectivity index (χ0) is 33.1. The molecule has 0 radical (unpaired) electrons. The Morgan fingerprint density at radius 1 is 0.872 bits per heavy atom. The summed E-state index contributed by atoms with van der Waals surface area (Å²) >= 11 is 1.20. The Balaban J connectivity index is 1.20. The summed E-state index contributed by atoms with van der Waals surface area (Å²) in [4.78, 5) is 49.7. The van der Waals surface area contributed by atoms with Gasteiger partial charge in [0, 0.05) is 16.6 Å². The summed E-state index contributed by atoms with van der Waals surface area (Å²) in [6, 6.07) is 33.1. The van der Waals surface area contributed by atoms with Crippen LogP contribution in [-0.4, -0.2) is 38.3 Å². The number of nitrogens with zero attached hydrogens (tertiary/aromatic N) is 3. The van der Waals surface area contributed by atoms with Crippen LogP contribution in [0.1, 0.15) is 48.2 Å². The molecular weight excluding hydrogens is 609 g/mol. The molecule has 0 saturated carbocycles. The van der Waals surface area contributed by atoms with Crippen molar-refractivity contribution < 1.29 is 19.5 Å². The lowest BCUT2D eigenvalue weighted by molar-refractivity contribution is -0.115. The molecule has 1 aliphatic rings. The van der Waals surface area contributed by atoms with Gasteiger partial charge in [0.1, 0.15) is 5.70 Å². The highest BCUT2D eigenvalue weighted by Gasteiger charge is 2.34. The lowest BCUT2D eigenvalue weighted by atomic mass is 10.0. The fourth-order valence-electron chi connectivity index (χ4n) is 5.20. The SMILES string of the molecule is CC(SC1=N/C(=C\c2ccc(C(C)C)cc2)C(=O)N1c1ccccc1)C(=O)Nc1ccc(-c2cc(C(=O)O)c3ccccc3n2)cc1. The number of carbonyl (C=O) groups is 3. The molecular formula is C38H32N4O4S. The zero-order valence-electron chi connectivity index (χ0n) is 26.0. The van der Waals surface area contributed by atoms with E-state index in [2.05, 4.69) is 41.3 Å². The summed E-state index contributed by atoms with van der Waals surface area (Å²) in [6.45, 7) is 6.03. The molecule has 0 fully saturated rings. The third kappa shape index (κ3) is 6.85. The summed E-state index contributed by atoms with van der Waals surface area (Å²) < 4.78 is 0. The lowest BCUT2D eigenvalue weighted by Crippen LogP contribution is -2.33. The maximum atomic E-state index is 13.6. The van der Waals surface area contributed by atoms with Gasteiger partial charge in [-0.2, -0.15) is 0 Å². The second-order valence-electron chi connectivity index (χ2n) is 11.4. The molecule has 47 heavy (non-hydrogen) atoms. The number of amidine groups is 1. The van der Waals surface area contributed by atoms with Crippen molar-refractivity contribution >= 4 is 63.1 Å². The predicted octanol–water partition coefficient (Wildman–Crippen LogP) is 8.23. The average Bonchev–Trinajstić information content (AvgIpc) is 3.38. The number of hydrogen-bond acceptors (Lipinski definition) is 6. The first kappa shape index (κ1) is 31.4. The number of carboxylic acids is 1. The Hall–Kier alpha value is -5.54. The number of aliphatic imine (C=N–C) groups is 1. The first-order valence-corrected chi connectivity index (χ1v) is 16.1. The first-order chi connectivity index (χ1) is 22.7. The van der Waals surface area contributed by atoms with Gasteiger partial charge in [0.15, 0.2) is 5.17 Å². The summed E-state index contributed by atoms with van der Waals surface area (Å²) in [5.41, 5.74) is 5.61. The van der Waals surface area contributed by atoms with Crippen LogP contribution in [0.3, 0.4) is 0 Å². The van der Waals surface area contributed by atoms with Crippen molar-refractivity contribution in [1.82, 2.24) is 4.98 Å². The predicted molar refractivity (Wildman–Crippen MR) is 190 cm³/mol. The quantitative estimate of drug-likeness (QED) is 0.165. The molecule has 234 valence electrons. The van der Waals surface area contributed by atoms with Crippen LogP contribution in [0.15, 0.2) is 120 Å². The van der Waals surface area contributed by atoms with E-state index in [-0.39, 0.29) is 17.4 Å². The minimum Gasteiger partial charge on any atom is -0.478 e. The summed E-state index contributed by atoms with van der Waals surface area (Å²) in [7, 11) is 0. The fourth-order valence-corrected chi connectivity index (χ4v) is 6.12. The standard InChI is InChI=1S/C38H32N4O4S/c1-23(2)26-15-13-25(14-16-26)21-34-36(44)42(29-9-5-4-6-10-29)38(41-34)47-24(3)35(43)39-28-19-17-27(18-20-28)33-22-31(37(45)46)30-11-7-8-12-32(30)40-33/h4-24H,1-3H3,(H,39,43)(H,45,46)/b34-21-. The van der Waals surface area contributed by atoms with E-state index in [1.807, 2.05) is 48.5 Å². The van der Waals surface area contributed by atoms with Gasteiger partial charge < -0.3 is 10.4 Å². The number of carboxylic acid groups (broad SMARTS) is 1. The molecule has 0 saturated heterocycles. The molecule has 2 N–H and O–H groups in total. The summed E-state index contributed by atoms with van der Waals surface area (Å²) in [5.74, 6) is -1.14. The number of hydrogen-bond donors (Lipinski definition) is 2. The molecule has 1 aliphatic heterocycles. The van der Waals surface area contributed by atoms with E-state index in [0.717, 1.165) is 5.56 Å². The molecule has 1 unspecified atom stereocenters. The van der Waals surface area contributed by atoms with Crippen LogP contribution in [0.25, 0.3) is 28.2 Å². The smallest absolute Gasteiger partial charge is 0.336 e. The number of aromatic carboxylic acids is 1. The van der Waals surface area contributed by atoms with Crippen molar-refractivity contribution in [2.24, 2.45) is 4.99 Å². The molecule has 0 aliphatic carbocycles. The van der Waals surface area contributed by atoms with Crippen LogP contribution in [0.2, 0.25) is 0 Å². The number of nitrogens with one attached hydrogen (secondary N) is 1. The first-order valence-electron chi connectivity index (χ1n) is 15.2. The third-order valence-corrected chi connectivity index (χ3v) is 8.85. The number of fused-ring (bicyclic) bond motifs is 1. The Kier molecular flexibility index (Phi) is 8.99. The number of anilines is 2. The van der Waals surface area contributed by atoms with Crippen LogP contribution < -0.4 is 10.2 Å². The van der Waals surface area contributed by atoms with Crippen molar-refractivity contribution in [3.05, 3.63) is 132 Å². The van der Waals surface area contributed by atoms with Gasteiger partial charge in [0.25, 0.3) is 5.91 Å². The third-order valence-electron chi connectivity index (χ3n) is 7.80. The largest absolute Gasteiger partial charge is 0.478 e. The zero-order valence-corrected chi connectivity index (χ0v) is 26.9. The highest BCUT2D eigenvalue weighted by molar-refractivity contribution is 8.15. The van der Waals surface area contributed by atoms with Crippen molar-refractivity contribution in [3.8, 4) is 11.3 Å². The van der Waals surface area contributed by atoms with Crippen LogP contribution in [0.5, 0.6) is 0 Å². The van der Waals surface area contributed by atoms with E-state index in [9.17, 15) is 19.5 Å². The van der Waals surface area contributed by atoms with Crippen LogP contribution in [0, 0.1) is 0 Å². The molecule has 1 atom stereocenters. The van der Waals surface area contributed by atoms with E-state index in [1.54, 1.807) is 66.4 Å². The van der Waals surface area contributed by atoms with Crippen molar-refractivity contribution in [3.63, 3.8) is 0 Å². The maximum Gasteiger partial charge on any atom is 0.336 e. The molecule has 9 heteroatoms. The lowest BCUT2D eigenvalue weighted by Gasteiger charge is -2.20. The van der Waals surface area contributed by atoms with E-state index >= 15 is 0 Å². The minimum absolute atomic E-state index is 0.175. The number of aromatic nitrogens is 1. The molecule has 2 heterocycles. The normalized spacial score (nSPS) is 14.5.